The fourth-order valence-electron chi connectivity index (χ4n) is 3.36. The van der Waals surface area contributed by atoms with Gasteiger partial charge in [0.25, 0.3) is 0 Å². The van der Waals surface area contributed by atoms with Crippen molar-refractivity contribution in [3.63, 3.8) is 0 Å². The highest BCUT2D eigenvalue weighted by atomic mass is 16.5. The summed E-state index contributed by atoms with van der Waals surface area (Å²) in [6.07, 6.45) is 4.25. The maximum atomic E-state index is 6.39. The summed E-state index contributed by atoms with van der Waals surface area (Å²) in [5.41, 5.74) is 4.57. The predicted molar refractivity (Wildman–Crippen MR) is 94.6 cm³/mol. The van der Waals surface area contributed by atoms with Crippen molar-refractivity contribution in [1.29, 1.82) is 0 Å². The summed E-state index contributed by atoms with van der Waals surface area (Å²) < 4.78 is 6.39. The molecule has 23 heavy (non-hydrogen) atoms. The van der Waals surface area contributed by atoms with E-state index >= 15 is 0 Å². The molecule has 110 valence electrons. The second-order valence-corrected chi connectivity index (χ2v) is 5.89. The second kappa shape index (κ2) is 4.75. The van der Waals surface area contributed by atoms with Crippen molar-refractivity contribution in [3.8, 4) is 5.75 Å². The number of benzene rings is 3. The summed E-state index contributed by atoms with van der Waals surface area (Å²) in [5.74, 6) is 0.969. The first kappa shape index (κ1) is 12.5. The van der Waals surface area contributed by atoms with Gasteiger partial charge in [-0.3, -0.25) is 0 Å². The van der Waals surface area contributed by atoms with Gasteiger partial charge in [0.1, 0.15) is 11.9 Å². The Bertz CT molecular complexity index is 1040. The van der Waals surface area contributed by atoms with Crippen molar-refractivity contribution >= 4 is 27.9 Å². The van der Waals surface area contributed by atoms with Crippen LogP contribution in [0.15, 0.2) is 72.8 Å². The molecule has 2 nitrogen and oxygen atoms in total. The van der Waals surface area contributed by atoms with Crippen molar-refractivity contribution < 1.29 is 4.74 Å². The van der Waals surface area contributed by atoms with Gasteiger partial charge in [-0.15, -0.1) is 0 Å². The number of hydrogen-bond acceptors (Lipinski definition) is 1. The molecule has 0 fully saturated rings. The molecule has 0 saturated carbocycles. The largest absolute Gasteiger partial charge is 0.480 e. The van der Waals surface area contributed by atoms with Gasteiger partial charge in [0.05, 0.1) is 10.9 Å². The molecule has 0 radical (unpaired) electrons. The summed E-state index contributed by atoms with van der Waals surface area (Å²) in [4.78, 5) is 3.48. The highest BCUT2D eigenvalue weighted by molar-refractivity contribution is 6.11. The minimum Gasteiger partial charge on any atom is -0.480 e. The van der Waals surface area contributed by atoms with Crippen LogP contribution >= 0.6 is 0 Å². The minimum atomic E-state index is -0.0389. The molecule has 0 saturated heterocycles. The van der Waals surface area contributed by atoms with E-state index in [1.807, 2.05) is 18.2 Å². The number of fused-ring (bicyclic) bond motifs is 5. The number of para-hydroxylation sites is 1. The summed E-state index contributed by atoms with van der Waals surface area (Å²) in [7, 11) is 0. The van der Waals surface area contributed by atoms with Crippen LogP contribution in [0.5, 0.6) is 5.75 Å². The van der Waals surface area contributed by atoms with Crippen LogP contribution in [0.1, 0.15) is 17.2 Å². The fourth-order valence-corrected chi connectivity index (χ4v) is 3.36. The highest BCUT2D eigenvalue weighted by Gasteiger charge is 2.20. The third-order valence-corrected chi connectivity index (χ3v) is 4.48. The van der Waals surface area contributed by atoms with E-state index in [4.69, 9.17) is 4.74 Å². The van der Waals surface area contributed by atoms with Crippen LogP contribution in [-0.4, -0.2) is 4.98 Å². The average molecular weight is 297 g/mol. The van der Waals surface area contributed by atoms with Gasteiger partial charge in [-0.1, -0.05) is 54.6 Å². The van der Waals surface area contributed by atoms with E-state index in [9.17, 15) is 0 Å². The van der Waals surface area contributed by atoms with Gasteiger partial charge >= 0.3 is 0 Å². The molecular weight excluding hydrogens is 282 g/mol. The lowest BCUT2D eigenvalue weighted by molar-refractivity contribution is 0.255. The van der Waals surface area contributed by atoms with Gasteiger partial charge in [-0.25, -0.2) is 0 Å². The zero-order valence-corrected chi connectivity index (χ0v) is 12.5. The molecule has 1 atom stereocenters. The molecule has 1 aliphatic rings. The average Bonchev–Trinajstić information content (AvgIpc) is 3.01. The summed E-state index contributed by atoms with van der Waals surface area (Å²) >= 11 is 0. The Hall–Kier alpha value is -3.00. The zero-order chi connectivity index (χ0) is 15.2. The van der Waals surface area contributed by atoms with Crippen LogP contribution in [0, 0.1) is 0 Å². The molecule has 0 amide bonds. The molecule has 4 aromatic rings. The molecular formula is C21H15NO. The number of H-pyrrole nitrogens is 1. The Kier molecular flexibility index (Phi) is 2.59. The Morgan fingerprint density at radius 3 is 2.52 bits per heavy atom. The number of aromatic nitrogens is 1. The lowest BCUT2D eigenvalue weighted by atomic mass is 10.0. The number of ether oxygens (including phenoxy) is 1. The third-order valence-electron chi connectivity index (χ3n) is 4.48. The van der Waals surface area contributed by atoms with Gasteiger partial charge in [-0.05, 0) is 29.8 Å². The van der Waals surface area contributed by atoms with Gasteiger partial charge < -0.3 is 9.72 Å². The number of aromatic amines is 1. The lowest BCUT2D eigenvalue weighted by Gasteiger charge is -2.22. The molecule has 1 unspecified atom stereocenters. The summed E-state index contributed by atoms with van der Waals surface area (Å²) in [6, 6.07) is 23.0. The molecule has 3 aromatic carbocycles. The second-order valence-electron chi connectivity index (χ2n) is 5.89. The van der Waals surface area contributed by atoms with Crippen molar-refractivity contribution in [1.82, 2.24) is 4.98 Å². The normalized spacial score (nSPS) is 16.4. The van der Waals surface area contributed by atoms with Gasteiger partial charge in [0.15, 0.2) is 0 Å². The first-order chi connectivity index (χ1) is 11.4. The Balaban J connectivity index is 1.74. The number of hydrogen-bond donors (Lipinski definition) is 1. The standard InChI is InChI=1S/C21H15NO/c1-2-6-14(7-3-1)19-13-11-15-10-12-18-20(21(15)23-19)16-8-4-5-9-17(16)22-18/h1-13,19,22H. The smallest absolute Gasteiger partial charge is 0.142 e. The van der Waals surface area contributed by atoms with E-state index in [0.29, 0.717) is 0 Å². The number of nitrogens with one attached hydrogen (secondary N) is 1. The maximum absolute atomic E-state index is 6.39. The minimum absolute atomic E-state index is 0.0389. The molecule has 1 aliphatic heterocycles. The SMILES string of the molecule is C1=CC(c2ccccc2)Oc2c1ccc1[nH]c3ccccc3c21. The van der Waals surface area contributed by atoms with Crippen molar-refractivity contribution in [2.45, 2.75) is 6.10 Å². The van der Waals surface area contributed by atoms with Crippen LogP contribution in [0.2, 0.25) is 0 Å². The first-order valence-electron chi connectivity index (χ1n) is 7.83. The summed E-state index contributed by atoms with van der Waals surface area (Å²) in [5, 5.41) is 2.38. The molecule has 0 bridgehead atoms. The Labute approximate surface area is 134 Å². The van der Waals surface area contributed by atoms with Crippen LogP contribution in [-0.2, 0) is 0 Å². The third kappa shape index (κ3) is 1.88. The molecule has 2 heteroatoms. The fraction of sp³-hybridized carbons (Fsp3) is 0.0476. The molecule has 0 aliphatic carbocycles. The van der Waals surface area contributed by atoms with E-state index in [1.165, 1.54) is 16.3 Å². The van der Waals surface area contributed by atoms with Crippen LogP contribution < -0.4 is 4.74 Å². The quantitative estimate of drug-likeness (QED) is 0.495. The first-order valence-corrected chi connectivity index (χ1v) is 7.83. The van der Waals surface area contributed by atoms with Crippen LogP contribution in [0.25, 0.3) is 27.9 Å². The summed E-state index contributed by atoms with van der Waals surface area (Å²) in [6.45, 7) is 0. The van der Waals surface area contributed by atoms with Gasteiger partial charge in [0.2, 0.25) is 0 Å². The Morgan fingerprint density at radius 2 is 1.61 bits per heavy atom. The zero-order valence-electron chi connectivity index (χ0n) is 12.5. The monoisotopic (exact) mass is 297 g/mol. The van der Waals surface area contributed by atoms with Crippen molar-refractivity contribution in [2.75, 3.05) is 0 Å². The topological polar surface area (TPSA) is 25.0 Å². The van der Waals surface area contributed by atoms with E-state index in [-0.39, 0.29) is 6.10 Å². The molecule has 0 spiro atoms. The van der Waals surface area contributed by atoms with Crippen molar-refractivity contribution in [2.24, 2.45) is 0 Å². The van der Waals surface area contributed by atoms with Crippen molar-refractivity contribution in [3.05, 3.63) is 83.9 Å². The highest BCUT2D eigenvalue weighted by Crippen LogP contribution is 2.41. The number of rotatable bonds is 1. The molecule has 1 aromatic heterocycles. The Morgan fingerprint density at radius 1 is 0.783 bits per heavy atom. The van der Waals surface area contributed by atoms with Crippen LogP contribution in [0.3, 0.4) is 0 Å². The van der Waals surface area contributed by atoms with E-state index in [2.05, 4.69) is 65.7 Å². The van der Waals surface area contributed by atoms with Crippen LogP contribution in [0.4, 0.5) is 0 Å². The maximum Gasteiger partial charge on any atom is 0.142 e. The van der Waals surface area contributed by atoms with E-state index < -0.39 is 0 Å². The molecule has 1 N–H and O–H groups in total. The van der Waals surface area contributed by atoms with E-state index in [0.717, 1.165) is 22.3 Å². The molecule has 5 rings (SSSR count). The van der Waals surface area contributed by atoms with Gasteiger partial charge in [0, 0.05) is 16.5 Å². The van der Waals surface area contributed by atoms with Gasteiger partial charge in [-0.2, -0.15) is 0 Å². The molecule has 2 heterocycles. The lowest BCUT2D eigenvalue weighted by Crippen LogP contribution is -2.08. The predicted octanol–water partition coefficient (Wildman–Crippen LogP) is 5.47. The van der Waals surface area contributed by atoms with E-state index in [1.54, 1.807) is 0 Å².